The predicted molar refractivity (Wildman–Crippen MR) is 124 cm³/mol. The van der Waals surface area contributed by atoms with E-state index in [1.807, 2.05) is 20.8 Å². The summed E-state index contributed by atoms with van der Waals surface area (Å²) >= 11 is 0.967. The number of benzene rings is 2. The van der Waals surface area contributed by atoms with Crippen LogP contribution in [0.4, 0.5) is 4.39 Å². The molecule has 0 radical (unpaired) electrons. The summed E-state index contributed by atoms with van der Waals surface area (Å²) in [7, 11) is -4.04. The molecular formula is C23H24FN3O4S2. The lowest BCUT2D eigenvalue weighted by Crippen LogP contribution is -2.25. The van der Waals surface area contributed by atoms with Crippen molar-refractivity contribution in [2.75, 3.05) is 5.75 Å². The molecule has 7 nitrogen and oxygen atoms in total. The molecule has 0 saturated heterocycles. The molecule has 0 aliphatic carbocycles. The van der Waals surface area contributed by atoms with E-state index in [1.165, 1.54) is 24.3 Å². The second-order valence-corrected chi connectivity index (χ2v) is 11.2. The number of rotatable bonds is 7. The first-order chi connectivity index (χ1) is 15.5. The van der Waals surface area contributed by atoms with E-state index < -0.39 is 20.3 Å². The molecule has 174 valence electrons. The highest BCUT2D eigenvalue weighted by Gasteiger charge is 2.23. The standard InChI is InChI=1S/C23H24FN3O4S2/c1-23(2,3)16-6-10-18(11-7-16)33(30,31)19-13-26-22(27-21(19)29)32-14-20(28)25-12-15-4-8-17(24)9-5-15/h4-11,13H,12,14H2,1-3H3,(H,25,28)(H,26,27,29). The van der Waals surface area contributed by atoms with Crippen molar-refractivity contribution in [2.45, 2.75) is 47.7 Å². The molecular weight excluding hydrogens is 465 g/mol. The summed E-state index contributed by atoms with van der Waals surface area (Å²) in [5.41, 5.74) is 0.773. The highest BCUT2D eigenvalue weighted by Crippen LogP contribution is 2.25. The predicted octanol–water partition coefficient (Wildman–Crippen LogP) is 3.45. The van der Waals surface area contributed by atoms with E-state index in [-0.39, 0.29) is 39.5 Å². The zero-order valence-electron chi connectivity index (χ0n) is 18.4. The van der Waals surface area contributed by atoms with Gasteiger partial charge in [0.1, 0.15) is 5.82 Å². The Morgan fingerprint density at radius 2 is 1.73 bits per heavy atom. The second-order valence-electron chi connectivity index (χ2n) is 8.35. The van der Waals surface area contributed by atoms with E-state index in [1.54, 1.807) is 24.3 Å². The Hall–Kier alpha value is -2.98. The van der Waals surface area contributed by atoms with Gasteiger partial charge < -0.3 is 10.3 Å². The third-order valence-electron chi connectivity index (χ3n) is 4.81. The number of nitrogens with zero attached hydrogens (tertiary/aromatic N) is 1. The summed E-state index contributed by atoms with van der Waals surface area (Å²) in [5, 5.41) is 2.80. The molecule has 2 aromatic carbocycles. The first kappa shape index (κ1) is 24.7. The molecule has 0 fully saturated rings. The van der Waals surface area contributed by atoms with Crippen molar-refractivity contribution in [3.05, 3.63) is 82.0 Å². The number of nitrogens with one attached hydrogen (secondary N) is 2. The fourth-order valence-electron chi connectivity index (χ4n) is 2.88. The summed E-state index contributed by atoms with van der Waals surface area (Å²) in [6.45, 7) is 6.29. The van der Waals surface area contributed by atoms with Gasteiger partial charge in [0.05, 0.1) is 16.8 Å². The fourth-order valence-corrected chi connectivity index (χ4v) is 4.78. The Morgan fingerprint density at radius 3 is 2.30 bits per heavy atom. The molecule has 10 heteroatoms. The highest BCUT2D eigenvalue weighted by molar-refractivity contribution is 7.99. The van der Waals surface area contributed by atoms with Crippen molar-refractivity contribution in [2.24, 2.45) is 0 Å². The minimum absolute atomic E-state index is 0.00312. The molecule has 1 amide bonds. The molecule has 1 heterocycles. The van der Waals surface area contributed by atoms with E-state index in [9.17, 15) is 22.4 Å². The third kappa shape index (κ3) is 6.29. The van der Waals surface area contributed by atoms with Crippen LogP contribution < -0.4 is 10.9 Å². The maximum absolute atomic E-state index is 12.9. The number of sulfone groups is 1. The number of hydrogen-bond acceptors (Lipinski definition) is 6. The van der Waals surface area contributed by atoms with Crippen LogP contribution in [0.2, 0.25) is 0 Å². The molecule has 3 aromatic rings. The van der Waals surface area contributed by atoms with Crippen LogP contribution in [0.3, 0.4) is 0 Å². The third-order valence-corrected chi connectivity index (χ3v) is 7.46. The van der Waals surface area contributed by atoms with Crippen LogP contribution in [-0.4, -0.2) is 30.0 Å². The van der Waals surface area contributed by atoms with Crippen LogP contribution in [-0.2, 0) is 26.6 Å². The van der Waals surface area contributed by atoms with E-state index in [4.69, 9.17) is 0 Å². The molecule has 0 aliphatic rings. The summed E-state index contributed by atoms with van der Waals surface area (Å²) < 4.78 is 38.7. The molecule has 0 atom stereocenters. The maximum Gasteiger partial charge on any atom is 0.270 e. The number of H-pyrrole nitrogens is 1. The zero-order chi connectivity index (χ0) is 24.2. The molecule has 0 aliphatic heterocycles. The number of carbonyl (C=O) groups excluding carboxylic acids is 1. The quantitative estimate of drug-likeness (QED) is 0.389. The molecule has 0 saturated carbocycles. The number of aromatic nitrogens is 2. The minimum atomic E-state index is -4.04. The van der Waals surface area contributed by atoms with Crippen molar-refractivity contribution in [1.82, 2.24) is 15.3 Å². The average Bonchev–Trinajstić information content (AvgIpc) is 2.76. The summed E-state index contributed by atoms with van der Waals surface area (Å²) in [5.74, 6) is -0.713. The molecule has 0 spiro atoms. The van der Waals surface area contributed by atoms with Gasteiger partial charge in [-0.3, -0.25) is 9.59 Å². The van der Waals surface area contributed by atoms with Gasteiger partial charge in [-0.2, -0.15) is 0 Å². The first-order valence-corrected chi connectivity index (χ1v) is 12.5. The van der Waals surface area contributed by atoms with Crippen LogP contribution >= 0.6 is 11.8 Å². The average molecular weight is 490 g/mol. The lowest BCUT2D eigenvalue weighted by Gasteiger charge is -2.19. The number of carbonyl (C=O) groups is 1. The monoisotopic (exact) mass is 489 g/mol. The fraction of sp³-hybridized carbons (Fsp3) is 0.261. The smallest absolute Gasteiger partial charge is 0.270 e. The van der Waals surface area contributed by atoms with E-state index in [2.05, 4.69) is 15.3 Å². The Labute approximate surface area is 195 Å². The van der Waals surface area contributed by atoms with E-state index >= 15 is 0 Å². The van der Waals surface area contributed by atoms with Gasteiger partial charge in [0.15, 0.2) is 10.1 Å². The van der Waals surface area contributed by atoms with Crippen LogP contribution in [0, 0.1) is 5.82 Å². The molecule has 0 bridgehead atoms. The zero-order valence-corrected chi connectivity index (χ0v) is 20.0. The SMILES string of the molecule is CC(C)(C)c1ccc(S(=O)(=O)c2cnc(SCC(=O)NCc3ccc(F)cc3)[nH]c2=O)cc1. The van der Waals surface area contributed by atoms with Gasteiger partial charge in [-0.1, -0.05) is 56.8 Å². The van der Waals surface area contributed by atoms with Gasteiger partial charge in [0.2, 0.25) is 15.7 Å². The van der Waals surface area contributed by atoms with Crippen molar-refractivity contribution in [3.8, 4) is 0 Å². The van der Waals surface area contributed by atoms with Crippen molar-refractivity contribution in [1.29, 1.82) is 0 Å². The highest BCUT2D eigenvalue weighted by atomic mass is 32.2. The van der Waals surface area contributed by atoms with Gasteiger partial charge in [-0.15, -0.1) is 0 Å². The Bertz CT molecular complexity index is 1300. The maximum atomic E-state index is 12.9. The number of amides is 1. The number of hydrogen-bond donors (Lipinski definition) is 2. The largest absolute Gasteiger partial charge is 0.351 e. The van der Waals surface area contributed by atoms with Crippen LogP contribution in [0.5, 0.6) is 0 Å². The number of halogens is 1. The Balaban J connectivity index is 1.64. The van der Waals surface area contributed by atoms with Crippen molar-refractivity contribution in [3.63, 3.8) is 0 Å². The topological polar surface area (TPSA) is 109 Å². The van der Waals surface area contributed by atoms with Gasteiger partial charge in [0.25, 0.3) is 5.56 Å². The normalized spacial score (nSPS) is 11.9. The van der Waals surface area contributed by atoms with E-state index in [0.29, 0.717) is 0 Å². The second kappa shape index (κ2) is 9.88. The van der Waals surface area contributed by atoms with Gasteiger partial charge in [0, 0.05) is 6.54 Å². The lowest BCUT2D eigenvalue weighted by atomic mass is 9.87. The summed E-state index contributed by atoms with van der Waals surface area (Å²) in [4.78, 5) is 30.4. The summed E-state index contributed by atoms with van der Waals surface area (Å²) in [6, 6.07) is 12.1. The van der Waals surface area contributed by atoms with Gasteiger partial charge in [-0.25, -0.2) is 17.8 Å². The molecule has 1 aromatic heterocycles. The van der Waals surface area contributed by atoms with E-state index in [0.717, 1.165) is 29.1 Å². The molecule has 2 N–H and O–H groups in total. The minimum Gasteiger partial charge on any atom is -0.351 e. The van der Waals surface area contributed by atoms with Crippen molar-refractivity contribution >= 4 is 27.5 Å². The van der Waals surface area contributed by atoms with Crippen LogP contribution in [0.1, 0.15) is 31.9 Å². The lowest BCUT2D eigenvalue weighted by molar-refractivity contribution is -0.118. The number of aromatic amines is 1. The Morgan fingerprint density at radius 1 is 1.09 bits per heavy atom. The molecule has 3 rings (SSSR count). The molecule has 0 unspecified atom stereocenters. The Kier molecular flexibility index (Phi) is 7.38. The van der Waals surface area contributed by atoms with Gasteiger partial charge in [-0.05, 0) is 40.8 Å². The molecule has 33 heavy (non-hydrogen) atoms. The van der Waals surface area contributed by atoms with Crippen molar-refractivity contribution < 1.29 is 17.6 Å². The van der Waals surface area contributed by atoms with Crippen LogP contribution in [0.25, 0.3) is 0 Å². The van der Waals surface area contributed by atoms with Gasteiger partial charge >= 0.3 is 0 Å². The number of thioether (sulfide) groups is 1. The first-order valence-electron chi connectivity index (χ1n) is 10.1. The van der Waals surface area contributed by atoms with Crippen LogP contribution in [0.15, 0.2) is 74.5 Å². The summed E-state index contributed by atoms with van der Waals surface area (Å²) in [6.07, 6.45) is 1.00.